The molecule has 1 aliphatic heterocycles. The second-order valence-electron chi connectivity index (χ2n) is 15.0. The second kappa shape index (κ2) is 17.2. The summed E-state index contributed by atoms with van der Waals surface area (Å²) in [6.45, 7) is 0. The topological polar surface area (TPSA) is 35.0 Å². The first kappa shape index (κ1) is 35.0. The van der Waals surface area contributed by atoms with E-state index in [1.54, 1.807) is 12.4 Å². The van der Waals surface area contributed by atoms with Gasteiger partial charge in [-0.15, -0.1) is 0 Å². The van der Waals surface area contributed by atoms with E-state index in [4.69, 9.17) is 4.74 Å². The lowest BCUT2D eigenvalue weighted by molar-refractivity contribution is -0.0811. The normalized spacial score (nSPS) is 18.2. The van der Waals surface area contributed by atoms with Crippen LogP contribution in [-0.2, 0) is 12.3 Å². The molecule has 0 spiro atoms. The smallest absolute Gasteiger partial charge is 0.315 e. The van der Waals surface area contributed by atoms with E-state index in [0.717, 1.165) is 48.6 Å². The number of rotatable bonds is 22. The van der Waals surface area contributed by atoms with Crippen LogP contribution in [0.2, 0.25) is 0 Å². The summed E-state index contributed by atoms with van der Waals surface area (Å²) < 4.78 is 52.2. The molecule has 2 fully saturated rings. The minimum atomic E-state index is -3.39. The molecule has 0 radical (unpaired) electrons. The SMILES string of the molecule is Fc1c(-c2ncc(-c3ccc(CCCCCCCCCC4CC4)cc3)cn2)ccc2c1C(F)(F)C(CCCCCCCCCC1CC1)O2. The van der Waals surface area contributed by atoms with Gasteiger partial charge in [0, 0.05) is 18.0 Å². The summed E-state index contributed by atoms with van der Waals surface area (Å²) in [6, 6.07) is 11.3. The average Bonchev–Trinajstić information content (AvgIpc) is 4.03. The number of hydrogen-bond acceptors (Lipinski definition) is 3. The lowest BCUT2D eigenvalue weighted by Crippen LogP contribution is -2.30. The molecule has 0 bridgehead atoms. The standard InChI is InChI=1S/C42H55F3N2O/c43-40-36(27-28-37-39(40)42(44,45)38(48-37)18-14-10-6-2-5-8-12-16-32-21-22-32)41-46-29-35(30-47-41)34-25-23-33(24-26-34)17-13-9-4-1-3-7-11-15-31-19-20-31/h23-32,38H,1-22H2. The molecule has 3 aliphatic rings. The Hall–Kier alpha value is -2.89. The number of hydrogen-bond donors (Lipinski definition) is 0. The highest BCUT2D eigenvalue weighted by Crippen LogP contribution is 2.50. The van der Waals surface area contributed by atoms with Crippen molar-refractivity contribution in [2.75, 3.05) is 0 Å². The van der Waals surface area contributed by atoms with Gasteiger partial charge < -0.3 is 4.74 Å². The number of benzene rings is 2. The highest BCUT2D eigenvalue weighted by molar-refractivity contribution is 5.66. The summed E-state index contributed by atoms with van der Waals surface area (Å²) in [7, 11) is 0. The Morgan fingerprint density at radius 2 is 1.12 bits per heavy atom. The van der Waals surface area contributed by atoms with Gasteiger partial charge in [0.1, 0.15) is 17.1 Å². The number of aryl methyl sites for hydroxylation is 1. The van der Waals surface area contributed by atoms with Crippen LogP contribution in [0.1, 0.15) is 146 Å². The fourth-order valence-corrected chi connectivity index (χ4v) is 7.35. The van der Waals surface area contributed by atoms with Gasteiger partial charge in [0.25, 0.3) is 0 Å². The molecule has 260 valence electrons. The molecule has 2 heterocycles. The molecule has 6 rings (SSSR count). The monoisotopic (exact) mass is 660 g/mol. The number of fused-ring (bicyclic) bond motifs is 1. The minimum Gasteiger partial charge on any atom is -0.483 e. The average molecular weight is 661 g/mol. The molecule has 2 aliphatic carbocycles. The number of halogens is 3. The van der Waals surface area contributed by atoms with Gasteiger partial charge in [-0.2, -0.15) is 8.78 Å². The van der Waals surface area contributed by atoms with E-state index in [9.17, 15) is 0 Å². The van der Waals surface area contributed by atoms with Crippen LogP contribution in [0.4, 0.5) is 13.2 Å². The molecule has 3 aromatic rings. The third-order valence-corrected chi connectivity index (χ3v) is 10.8. The fourth-order valence-electron chi connectivity index (χ4n) is 7.35. The third-order valence-electron chi connectivity index (χ3n) is 10.8. The number of nitrogens with zero attached hydrogens (tertiary/aromatic N) is 2. The first-order valence-corrected chi connectivity index (χ1v) is 19.3. The number of alkyl halides is 2. The van der Waals surface area contributed by atoms with Gasteiger partial charge in [-0.1, -0.05) is 140 Å². The maximum Gasteiger partial charge on any atom is 0.315 e. The quantitative estimate of drug-likeness (QED) is 0.101. The molecule has 3 nitrogen and oxygen atoms in total. The zero-order chi connectivity index (χ0) is 33.2. The van der Waals surface area contributed by atoms with Crippen molar-refractivity contribution in [2.45, 2.75) is 153 Å². The number of unbranched alkanes of at least 4 members (excludes halogenated alkanes) is 12. The van der Waals surface area contributed by atoms with Crippen molar-refractivity contribution in [2.24, 2.45) is 11.8 Å². The summed E-state index contributed by atoms with van der Waals surface area (Å²) in [5, 5.41) is 0. The summed E-state index contributed by atoms with van der Waals surface area (Å²) >= 11 is 0. The molecule has 2 aromatic carbocycles. The van der Waals surface area contributed by atoms with E-state index < -0.39 is 23.4 Å². The molecule has 0 amide bonds. The van der Waals surface area contributed by atoms with Crippen molar-refractivity contribution in [3.05, 3.63) is 65.7 Å². The first-order valence-electron chi connectivity index (χ1n) is 19.3. The molecule has 1 unspecified atom stereocenters. The maximum atomic E-state index is 15.6. The highest BCUT2D eigenvalue weighted by Gasteiger charge is 2.53. The number of ether oxygens (including phenoxy) is 1. The van der Waals surface area contributed by atoms with E-state index in [2.05, 4.69) is 34.2 Å². The molecule has 0 N–H and O–H groups in total. The van der Waals surface area contributed by atoms with E-state index >= 15 is 13.2 Å². The lowest BCUT2D eigenvalue weighted by Gasteiger charge is -2.18. The molecule has 1 atom stereocenters. The zero-order valence-electron chi connectivity index (χ0n) is 28.8. The van der Waals surface area contributed by atoms with Crippen LogP contribution in [0, 0.1) is 17.7 Å². The summed E-state index contributed by atoms with van der Waals surface area (Å²) in [6.07, 6.45) is 28.7. The Morgan fingerprint density at radius 1 is 0.604 bits per heavy atom. The summed E-state index contributed by atoms with van der Waals surface area (Å²) in [5.41, 5.74) is 2.41. The van der Waals surface area contributed by atoms with Crippen LogP contribution in [-0.4, -0.2) is 16.1 Å². The van der Waals surface area contributed by atoms with Gasteiger partial charge in [0.05, 0.1) is 5.56 Å². The van der Waals surface area contributed by atoms with Gasteiger partial charge in [-0.3, -0.25) is 0 Å². The van der Waals surface area contributed by atoms with Gasteiger partial charge in [-0.25, -0.2) is 14.4 Å². The van der Waals surface area contributed by atoms with Gasteiger partial charge in [-0.05, 0) is 60.8 Å². The largest absolute Gasteiger partial charge is 0.483 e. The second-order valence-corrected chi connectivity index (χ2v) is 15.0. The molecule has 48 heavy (non-hydrogen) atoms. The molecule has 1 aromatic heterocycles. The van der Waals surface area contributed by atoms with Gasteiger partial charge >= 0.3 is 5.92 Å². The predicted molar refractivity (Wildman–Crippen MR) is 189 cm³/mol. The zero-order valence-corrected chi connectivity index (χ0v) is 28.8. The molecular formula is C42H55F3N2O. The van der Waals surface area contributed by atoms with E-state index in [1.165, 1.54) is 120 Å². The Bertz CT molecular complexity index is 1420. The van der Waals surface area contributed by atoms with Crippen LogP contribution in [0.15, 0.2) is 48.8 Å². The van der Waals surface area contributed by atoms with E-state index in [1.807, 2.05) is 0 Å². The maximum absolute atomic E-state index is 15.6. The Morgan fingerprint density at radius 3 is 1.69 bits per heavy atom. The Kier molecular flexibility index (Phi) is 12.5. The molecule has 0 saturated heterocycles. The summed E-state index contributed by atoms with van der Waals surface area (Å²) in [5.74, 6) is -2.30. The van der Waals surface area contributed by atoms with Crippen LogP contribution in [0.3, 0.4) is 0 Å². The first-order chi connectivity index (χ1) is 23.5. The highest BCUT2D eigenvalue weighted by atomic mass is 19.3. The van der Waals surface area contributed by atoms with Gasteiger partial charge in [0.2, 0.25) is 0 Å². The lowest BCUT2D eigenvalue weighted by atomic mass is 9.97. The Labute approximate surface area is 286 Å². The summed E-state index contributed by atoms with van der Waals surface area (Å²) in [4.78, 5) is 8.76. The number of aromatic nitrogens is 2. The fraction of sp³-hybridized carbons (Fsp3) is 0.619. The van der Waals surface area contributed by atoms with Crippen LogP contribution in [0.5, 0.6) is 5.75 Å². The van der Waals surface area contributed by atoms with Crippen molar-refractivity contribution in [1.82, 2.24) is 9.97 Å². The van der Waals surface area contributed by atoms with Crippen molar-refractivity contribution in [1.29, 1.82) is 0 Å². The van der Waals surface area contributed by atoms with Crippen molar-refractivity contribution >= 4 is 0 Å². The van der Waals surface area contributed by atoms with Crippen molar-refractivity contribution in [3.8, 4) is 28.3 Å². The van der Waals surface area contributed by atoms with Crippen LogP contribution < -0.4 is 4.74 Å². The predicted octanol–water partition coefficient (Wildman–Crippen LogP) is 12.8. The van der Waals surface area contributed by atoms with Crippen molar-refractivity contribution < 1.29 is 17.9 Å². The van der Waals surface area contributed by atoms with Crippen LogP contribution >= 0.6 is 0 Å². The van der Waals surface area contributed by atoms with E-state index in [0.29, 0.717) is 6.42 Å². The molecule has 2 saturated carbocycles. The minimum absolute atomic E-state index is 0.0282. The van der Waals surface area contributed by atoms with Crippen LogP contribution in [0.25, 0.3) is 22.5 Å². The van der Waals surface area contributed by atoms with Gasteiger partial charge in [0.15, 0.2) is 11.9 Å². The Balaban J connectivity index is 0.934. The molecule has 6 heteroatoms. The molecular weight excluding hydrogens is 605 g/mol. The van der Waals surface area contributed by atoms with Crippen molar-refractivity contribution in [3.63, 3.8) is 0 Å². The third kappa shape index (κ3) is 9.85. The van der Waals surface area contributed by atoms with E-state index in [-0.39, 0.29) is 23.6 Å².